The Hall–Kier alpha value is -0.840. The average Bonchev–Trinajstić information content (AvgIpc) is 2.63. The van der Waals surface area contributed by atoms with Gasteiger partial charge in [0.1, 0.15) is 12.3 Å². The summed E-state index contributed by atoms with van der Waals surface area (Å²) < 4.78 is 17.9. The molecule has 0 aliphatic carbocycles. The van der Waals surface area contributed by atoms with Crippen molar-refractivity contribution in [2.45, 2.75) is 49.8 Å². The van der Waals surface area contributed by atoms with E-state index in [0.717, 1.165) is 19.3 Å². The number of rotatable bonds is 2. The van der Waals surface area contributed by atoms with E-state index in [1.807, 2.05) is 0 Å². The molecule has 3 saturated heterocycles. The molecule has 0 aromatic carbocycles. The Bertz CT molecular complexity index is 312. The number of ether oxygens (including phenoxy) is 1. The van der Waals surface area contributed by atoms with E-state index in [4.69, 9.17) is 4.74 Å². The lowest BCUT2D eigenvalue weighted by Crippen LogP contribution is -2.57. The van der Waals surface area contributed by atoms with Crippen LogP contribution in [0.3, 0.4) is 0 Å². The number of hydrogen-bond donors (Lipinski definition) is 1. The molecule has 3 aliphatic heterocycles. The van der Waals surface area contributed by atoms with Gasteiger partial charge >= 0.3 is 6.09 Å². The van der Waals surface area contributed by atoms with Crippen LogP contribution >= 0.6 is 0 Å². The van der Waals surface area contributed by atoms with Crippen molar-refractivity contribution in [2.75, 3.05) is 19.8 Å². The summed E-state index contributed by atoms with van der Waals surface area (Å²) in [7, 11) is 0. The van der Waals surface area contributed by atoms with Crippen molar-refractivity contribution in [3.05, 3.63) is 0 Å². The third-order valence-corrected chi connectivity index (χ3v) is 4.33. The van der Waals surface area contributed by atoms with Gasteiger partial charge in [0.05, 0.1) is 6.54 Å². The summed E-state index contributed by atoms with van der Waals surface area (Å²) in [4.78, 5) is 13.3. The number of carbonyl (C=O) groups is 1. The predicted molar refractivity (Wildman–Crippen MR) is 60.6 cm³/mol. The van der Waals surface area contributed by atoms with Crippen LogP contribution in [0.4, 0.5) is 9.18 Å². The molecule has 0 aromatic rings. The zero-order chi connectivity index (χ0) is 11.9. The minimum atomic E-state index is -0.491. The first kappa shape index (κ1) is 11.3. The lowest BCUT2D eigenvalue weighted by Gasteiger charge is -2.45. The maximum Gasteiger partial charge on any atom is 0.410 e. The van der Waals surface area contributed by atoms with Crippen LogP contribution < -0.4 is 5.32 Å². The van der Waals surface area contributed by atoms with E-state index < -0.39 is 6.67 Å². The first-order valence-corrected chi connectivity index (χ1v) is 6.51. The van der Waals surface area contributed by atoms with Gasteiger partial charge in [-0.25, -0.2) is 9.18 Å². The highest BCUT2D eigenvalue weighted by atomic mass is 19.1. The second kappa shape index (κ2) is 4.12. The minimum Gasteiger partial charge on any atom is -0.443 e. The Morgan fingerprint density at radius 2 is 2.12 bits per heavy atom. The Morgan fingerprint density at radius 1 is 1.41 bits per heavy atom. The Balaban J connectivity index is 1.68. The first-order valence-electron chi connectivity index (χ1n) is 6.51. The molecule has 96 valence electrons. The van der Waals surface area contributed by atoms with E-state index in [9.17, 15) is 9.18 Å². The number of nitrogens with one attached hydrogen (secondary N) is 1. The third kappa shape index (κ3) is 2.01. The topological polar surface area (TPSA) is 41.6 Å². The van der Waals surface area contributed by atoms with Gasteiger partial charge in [-0.3, -0.25) is 0 Å². The first-order chi connectivity index (χ1) is 8.21. The van der Waals surface area contributed by atoms with E-state index >= 15 is 0 Å². The number of nitrogens with zero attached hydrogens (tertiary/aromatic N) is 1. The minimum absolute atomic E-state index is 0.167. The van der Waals surface area contributed by atoms with Gasteiger partial charge in [0.25, 0.3) is 0 Å². The fourth-order valence-corrected chi connectivity index (χ4v) is 3.53. The summed E-state index contributed by atoms with van der Waals surface area (Å²) in [6.45, 7) is 0.317. The van der Waals surface area contributed by atoms with Gasteiger partial charge in [0, 0.05) is 37.9 Å². The highest BCUT2D eigenvalue weighted by molar-refractivity contribution is 5.69. The zero-order valence-electron chi connectivity index (χ0n) is 9.95. The molecular weight excluding hydrogens is 223 g/mol. The summed E-state index contributed by atoms with van der Waals surface area (Å²) in [6, 6.07) is 1.02. The lowest BCUT2D eigenvalue weighted by atomic mass is 9.83. The molecule has 17 heavy (non-hydrogen) atoms. The molecule has 1 unspecified atom stereocenters. The molecule has 3 aliphatic rings. The van der Waals surface area contributed by atoms with Crippen molar-refractivity contribution in [1.82, 2.24) is 10.2 Å². The molecule has 0 aromatic heterocycles. The largest absolute Gasteiger partial charge is 0.443 e. The molecule has 3 atom stereocenters. The molecule has 3 heterocycles. The van der Waals surface area contributed by atoms with E-state index in [-0.39, 0.29) is 18.2 Å². The monoisotopic (exact) mass is 242 g/mol. The second-order valence-corrected chi connectivity index (χ2v) is 5.52. The van der Waals surface area contributed by atoms with Crippen LogP contribution in [0.15, 0.2) is 0 Å². The fourth-order valence-electron chi connectivity index (χ4n) is 3.53. The number of piperidine rings is 1. The van der Waals surface area contributed by atoms with Gasteiger partial charge in [-0.2, -0.15) is 0 Å². The van der Waals surface area contributed by atoms with E-state index in [1.54, 1.807) is 0 Å². The molecule has 2 bridgehead atoms. The van der Waals surface area contributed by atoms with Crippen LogP contribution in [0.1, 0.15) is 32.1 Å². The molecule has 5 heteroatoms. The van der Waals surface area contributed by atoms with Gasteiger partial charge in [0.2, 0.25) is 0 Å². The van der Waals surface area contributed by atoms with Crippen molar-refractivity contribution in [3.63, 3.8) is 0 Å². The Labute approximate surface area is 100 Å². The van der Waals surface area contributed by atoms with Gasteiger partial charge < -0.3 is 15.0 Å². The molecule has 0 radical (unpaired) electrons. The predicted octanol–water partition coefficient (Wildman–Crippen LogP) is 1.45. The normalized spacial score (nSPS) is 40.8. The van der Waals surface area contributed by atoms with Crippen molar-refractivity contribution in [2.24, 2.45) is 0 Å². The molecule has 3 rings (SSSR count). The fraction of sp³-hybridized carbons (Fsp3) is 0.917. The van der Waals surface area contributed by atoms with Crippen molar-refractivity contribution < 1.29 is 13.9 Å². The molecule has 3 fully saturated rings. The van der Waals surface area contributed by atoms with Crippen molar-refractivity contribution in [1.29, 1.82) is 0 Å². The Kier molecular flexibility index (Phi) is 2.73. The standard InChI is InChI=1S/C12H19FN2O2/c13-4-6-15-5-3-12(17-11(15)16)7-9-1-2-10(8-12)14-9/h9-10,14H,1-8H2/t9-,10+,12?. The molecule has 1 N–H and O–H groups in total. The Morgan fingerprint density at radius 3 is 2.71 bits per heavy atom. The summed E-state index contributed by atoms with van der Waals surface area (Å²) in [5.41, 5.74) is -0.263. The molecule has 4 nitrogen and oxygen atoms in total. The SMILES string of the molecule is O=C1OC2(CCN1CCF)C[C@H]1CC[C@@H](C2)N1. The van der Waals surface area contributed by atoms with Crippen molar-refractivity contribution >= 4 is 6.09 Å². The van der Waals surface area contributed by atoms with Crippen LogP contribution in [0.5, 0.6) is 0 Å². The highest BCUT2D eigenvalue weighted by Gasteiger charge is 2.48. The number of fused-ring (bicyclic) bond motifs is 2. The van der Waals surface area contributed by atoms with Gasteiger partial charge in [-0.05, 0) is 12.8 Å². The third-order valence-electron chi connectivity index (χ3n) is 4.33. The smallest absolute Gasteiger partial charge is 0.410 e. The number of amides is 1. The van der Waals surface area contributed by atoms with Crippen LogP contribution in [0.2, 0.25) is 0 Å². The molecule has 1 amide bonds. The summed E-state index contributed by atoms with van der Waals surface area (Å²) in [6.07, 6.45) is 4.77. The number of carbonyl (C=O) groups excluding carboxylic acids is 1. The van der Waals surface area contributed by atoms with E-state index in [1.165, 1.54) is 17.7 Å². The van der Waals surface area contributed by atoms with E-state index in [2.05, 4.69) is 5.32 Å². The summed E-state index contributed by atoms with van der Waals surface area (Å²) >= 11 is 0. The quantitative estimate of drug-likeness (QED) is 0.797. The maximum atomic E-state index is 12.3. The number of hydrogen-bond acceptors (Lipinski definition) is 3. The summed E-state index contributed by atoms with van der Waals surface area (Å²) in [5.74, 6) is 0. The van der Waals surface area contributed by atoms with Crippen LogP contribution in [-0.4, -0.2) is 48.4 Å². The number of halogens is 1. The van der Waals surface area contributed by atoms with Gasteiger partial charge in [-0.15, -0.1) is 0 Å². The average molecular weight is 242 g/mol. The summed E-state index contributed by atoms with van der Waals surface area (Å²) in [5, 5.41) is 3.55. The van der Waals surface area contributed by atoms with Gasteiger partial charge in [0.15, 0.2) is 0 Å². The van der Waals surface area contributed by atoms with E-state index in [0.29, 0.717) is 18.6 Å². The second-order valence-electron chi connectivity index (χ2n) is 5.52. The van der Waals surface area contributed by atoms with Gasteiger partial charge in [-0.1, -0.05) is 0 Å². The maximum absolute atomic E-state index is 12.3. The van der Waals surface area contributed by atoms with Crippen LogP contribution in [-0.2, 0) is 4.74 Å². The molecular formula is C12H19FN2O2. The highest BCUT2D eigenvalue weighted by Crippen LogP contribution is 2.40. The lowest BCUT2D eigenvalue weighted by molar-refractivity contribution is -0.0747. The van der Waals surface area contributed by atoms with Crippen LogP contribution in [0.25, 0.3) is 0 Å². The zero-order valence-corrected chi connectivity index (χ0v) is 9.95. The van der Waals surface area contributed by atoms with Crippen LogP contribution in [0, 0.1) is 0 Å². The van der Waals surface area contributed by atoms with Crippen molar-refractivity contribution in [3.8, 4) is 0 Å². The molecule has 1 spiro atoms. The number of alkyl halides is 1. The molecule has 0 saturated carbocycles.